The summed E-state index contributed by atoms with van der Waals surface area (Å²) in [4.78, 5) is 0. The van der Waals surface area contributed by atoms with Crippen molar-refractivity contribution in [2.45, 2.75) is 157 Å². The first kappa shape index (κ1) is 49.1. The highest BCUT2D eigenvalue weighted by atomic mass is 19.4. The van der Waals surface area contributed by atoms with Crippen molar-refractivity contribution in [2.24, 2.45) is 0 Å². The molecule has 0 aliphatic heterocycles. The zero-order valence-corrected chi connectivity index (χ0v) is 34.6. The average Bonchev–Trinajstić information content (AvgIpc) is 3.25. The Labute approximate surface area is 357 Å². The van der Waals surface area contributed by atoms with Crippen molar-refractivity contribution in [3.05, 3.63) is 142 Å². The summed E-state index contributed by atoms with van der Waals surface area (Å²) in [6, 6.07) is 18.1. The Morgan fingerprint density at radius 2 is 0.742 bits per heavy atom. The highest BCUT2D eigenvalue weighted by molar-refractivity contribution is 5.33. The molecule has 4 aliphatic rings. The van der Waals surface area contributed by atoms with Crippen molar-refractivity contribution in [3.63, 3.8) is 0 Å². The minimum absolute atomic E-state index is 0.0594. The first-order valence-corrected chi connectivity index (χ1v) is 21.7. The molecular weight excluding hydrogens is 824 g/mol. The molecule has 340 valence electrons. The van der Waals surface area contributed by atoms with E-state index in [0.717, 1.165) is 68.4 Å². The quantitative estimate of drug-likeness (QED) is 0.122. The Morgan fingerprint density at radius 1 is 0.371 bits per heavy atom. The Kier molecular flexibility index (Phi) is 18.3. The van der Waals surface area contributed by atoms with Gasteiger partial charge < -0.3 is 20.4 Å². The van der Waals surface area contributed by atoms with E-state index < -0.39 is 41.1 Å². The molecular formula is C49H57F9O4. The third kappa shape index (κ3) is 14.0. The van der Waals surface area contributed by atoms with Crippen LogP contribution >= 0.6 is 0 Å². The number of benzene rings is 4. The van der Waals surface area contributed by atoms with E-state index in [0.29, 0.717) is 81.3 Å². The van der Waals surface area contributed by atoms with Crippen LogP contribution in [0.4, 0.5) is 39.5 Å². The molecule has 4 aromatic rings. The zero-order valence-electron chi connectivity index (χ0n) is 34.6. The summed E-state index contributed by atoms with van der Waals surface area (Å²) in [7, 11) is 0. The van der Waals surface area contributed by atoms with Crippen LogP contribution in [0.25, 0.3) is 0 Å². The summed E-state index contributed by atoms with van der Waals surface area (Å²) in [6.07, 6.45) is 5.28. The lowest BCUT2D eigenvalue weighted by atomic mass is 9.81. The molecule has 4 saturated carbocycles. The number of rotatable bonds is 4. The fraction of sp³-hybridized carbons (Fsp3) is 0.510. The van der Waals surface area contributed by atoms with E-state index in [1.165, 1.54) is 24.3 Å². The van der Waals surface area contributed by atoms with Crippen molar-refractivity contribution in [3.8, 4) is 0 Å². The van der Waals surface area contributed by atoms with Crippen LogP contribution in [0.1, 0.15) is 154 Å². The van der Waals surface area contributed by atoms with E-state index in [4.69, 9.17) is 0 Å². The lowest BCUT2D eigenvalue weighted by molar-refractivity contribution is -0.138. The molecule has 62 heavy (non-hydrogen) atoms. The topological polar surface area (TPSA) is 80.9 Å². The summed E-state index contributed by atoms with van der Waals surface area (Å²) in [5.74, 6) is -3.65. The Bertz CT molecular complexity index is 1980. The molecule has 0 heterocycles. The summed E-state index contributed by atoms with van der Waals surface area (Å²) in [5.41, 5.74) is 0.974. The van der Waals surface area contributed by atoms with Gasteiger partial charge in [-0.25, -0.2) is 26.3 Å². The molecule has 4 fully saturated rings. The van der Waals surface area contributed by atoms with Crippen molar-refractivity contribution in [1.29, 1.82) is 0 Å². The van der Waals surface area contributed by atoms with Crippen LogP contribution in [0.3, 0.4) is 0 Å². The highest BCUT2D eigenvalue weighted by Crippen LogP contribution is 2.41. The average molecular weight is 881 g/mol. The first-order valence-electron chi connectivity index (χ1n) is 21.7. The second-order valence-electron chi connectivity index (χ2n) is 17.1. The molecule has 4 N–H and O–H groups in total. The minimum atomic E-state index is -4.29. The SMILES string of the molecule is OC1CCC(c2c(F)ccc(F)c2F)CC1.OC1CCC(c2cc(F)ccc2F)CC1.OC1CCC(c2ccccc2C(F)(F)F)CC1.OC1CCC(c2ccccc2F)CC1. The number of aliphatic hydroxyl groups excluding tert-OH is 4. The third-order valence-corrected chi connectivity index (χ3v) is 12.7. The molecule has 0 radical (unpaired) electrons. The summed E-state index contributed by atoms with van der Waals surface area (Å²) >= 11 is 0. The van der Waals surface area contributed by atoms with Crippen molar-refractivity contribution < 1.29 is 59.9 Å². The van der Waals surface area contributed by atoms with E-state index in [9.17, 15) is 59.9 Å². The van der Waals surface area contributed by atoms with Gasteiger partial charge in [-0.05, 0) is 186 Å². The molecule has 4 aliphatic carbocycles. The maximum absolute atomic E-state index is 13.5. The van der Waals surface area contributed by atoms with Gasteiger partial charge in [-0.15, -0.1) is 0 Å². The minimum Gasteiger partial charge on any atom is -0.393 e. The Hall–Kier alpha value is -3.91. The largest absolute Gasteiger partial charge is 0.416 e. The van der Waals surface area contributed by atoms with E-state index in [2.05, 4.69) is 0 Å². The van der Waals surface area contributed by atoms with Crippen LogP contribution in [-0.4, -0.2) is 44.8 Å². The molecule has 0 spiro atoms. The van der Waals surface area contributed by atoms with Crippen LogP contribution in [0, 0.1) is 34.9 Å². The van der Waals surface area contributed by atoms with Crippen LogP contribution in [-0.2, 0) is 6.18 Å². The monoisotopic (exact) mass is 880 g/mol. The van der Waals surface area contributed by atoms with Crippen LogP contribution in [0.15, 0.2) is 78.9 Å². The summed E-state index contributed by atoms with van der Waals surface area (Å²) in [6.45, 7) is 0. The van der Waals surface area contributed by atoms with Gasteiger partial charge in [0.2, 0.25) is 0 Å². The van der Waals surface area contributed by atoms with Gasteiger partial charge in [0.1, 0.15) is 23.3 Å². The number of alkyl halides is 3. The third-order valence-electron chi connectivity index (χ3n) is 12.7. The van der Waals surface area contributed by atoms with Gasteiger partial charge in [-0.2, -0.15) is 13.2 Å². The van der Waals surface area contributed by atoms with Gasteiger partial charge >= 0.3 is 6.18 Å². The fourth-order valence-corrected chi connectivity index (χ4v) is 9.19. The van der Waals surface area contributed by atoms with E-state index >= 15 is 0 Å². The van der Waals surface area contributed by atoms with Crippen molar-refractivity contribution in [2.75, 3.05) is 0 Å². The first-order chi connectivity index (χ1) is 29.5. The normalized spacial score (nSPS) is 26.4. The lowest BCUT2D eigenvalue weighted by Gasteiger charge is -2.27. The van der Waals surface area contributed by atoms with Gasteiger partial charge in [-0.1, -0.05) is 36.4 Å². The second-order valence-corrected chi connectivity index (χ2v) is 17.1. The maximum atomic E-state index is 13.5. The molecule has 13 heteroatoms. The number of halogens is 9. The Morgan fingerprint density at radius 3 is 1.23 bits per heavy atom. The molecule has 0 aromatic heterocycles. The molecule has 4 nitrogen and oxygen atoms in total. The van der Waals surface area contributed by atoms with E-state index in [1.807, 2.05) is 12.1 Å². The molecule has 0 amide bonds. The number of hydrogen-bond donors (Lipinski definition) is 4. The number of hydrogen-bond acceptors (Lipinski definition) is 4. The summed E-state index contributed by atoms with van der Waals surface area (Å²) < 4.78 is 118. The van der Waals surface area contributed by atoms with Gasteiger partial charge in [-0.3, -0.25) is 0 Å². The highest BCUT2D eigenvalue weighted by Gasteiger charge is 2.36. The fourth-order valence-electron chi connectivity index (χ4n) is 9.19. The van der Waals surface area contributed by atoms with Crippen molar-refractivity contribution >= 4 is 0 Å². The zero-order chi connectivity index (χ0) is 45.0. The van der Waals surface area contributed by atoms with Crippen LogP contribution < -0.4 is 0 Å². The van der Waals surface area contributed by atoms with Crippen molar-refractivity contribution in [1.82, 2.24) is 0 Å². The van der Waals surface area contributed by atoms with Gasteiger partial charge in [0, 0.05) is 5.56 Å². The number of aliphatic hydroxyl groups is 4. The molecule has 0 saturated heterocycles. The van der Waals surface area contributed by atoms with Gasteiger partial charge in [0.15, 0.2) is 11.6 Å². The molecule has 8 rings (SSSR count). The van der Waals surface area contributed by atoms with E-state index in [-0.39, 0.29) is 53.3 Å². The molecule has 4 aromatic carbocycles. The van der Waals surface area contributed by atoms with Gasteiger partial charge in [0.25, 0.3) is 0 Å². The molecule has 0 bridgehead atoms. The Balaban J connectivity index is 0.000000156. The molecule has 0 atom stereocenters. The standard InChI is InChI=1S/C13H15F3O.C12H13F3O.C12H14F2O.C12H15FO/c14-13(15,16)12-4-2-1-3-11(12)9-5-7-10(17)8-6-9;13-9-5-6-10(14)12(15)11(9)7-1-3-8(16)4-2-7;13-9-3-6-12(14)11(7-9)8-1-4-10(15)5-2-8;13-12-4-2-1-3-11(12)9-5-7-10(14)8-6-9/h1-4,9-10,17H,5-8H2;5-8,16H,1-4H2;3,6-8,10,15H,1-2,4-5H2;1-4,9-10,14H,5-8H2. The van der Waals surface area contributed by atoms with E-state index in [1.54, 1.807) is 18.2 Å². The molecule has 0 unspecified atom stereocenters. The maximum Gasteiger partial charge on any atom is 0.416 e. The predicted octanol–water partition coefficient (Wildman–Crippen LogP) is 12.7. The summed E-state index contributed by atoms with van der Waals surface area (Å²) in [5, 5.41) is 37.4. The van der Waals surface area contributed by atoms with Gasteiger partial charge in [0.05, 0.1) is 30.0 Å². The second kappa shape index (κ2) is 23.1. The predicted molar refractivity (Wildman–Crippen MR) is 219 cm³/mol. The smallest absolute Gasteiger partial charge is 0.393 e. The lowest BCUT2D eigenvalue weighted by Crippen LogP contribution is -2.19. The van der Waals surface area contributed by atoms with Crippen LogP contribution in [0.2, 0.25) is 0 Å². The van der Waals surface area contributed by atoms with Crippen LogP contribution in [0.5, 0.6) is 0 Å².